The SMILES string of the molecule is COc1ccc(C(CN)NCCC2CCC2)cc1Br. The van der Waals surface area contributed by atoms with Crippen molar-refractivity contribution in [3.05, 3.63) is 28.2 Å². The maximum Gasteiger partial charge on any atom is 0.133 e. The summed E-state index contributed by atoms with van der Waals surface area (Å²) in [5.41, 5.74) is 7.09. The average molecular weight is 327 g/mol. The molecule has 1 atom stereocenters. The van der Waals surface area contributed by atoms with E-state index in [0.29, 0.717) is 6.54 Å². The molecule has 4 heteroatoms. The molecule has 0 amide bonds. The molecule has 1 aliphatic rings. The highest BCUT2D eigenvalue weighted by atomic mass is 79.9. The number of hydrogen-bond donors (Lipinski definition) is 2. The first-order valence-electron chi connectivity index (χ1n) is 7.01. The third-order valence-corrected chi connectivity index (χ3v) is 4.60. The first kappa shape index (κ1) is 14.8. The van der Waals surface area contributed by atoms with Crippen LogP contribution in [0.5, 0.6) is 5.75 Å². The standard InChI is InChI=1S/C15H23BrN2O/c1-19-15-6-5-12(9-13(15)16)14(10-17)18-8-7-11-3-2-4-11/h5-6,9,11,14,18H,2-4,7-8,10,17H2,1H3. The summed E-state index contributed by atoms with van der Waals surface area (Å²) in [4.78, 5) is 0. The molecule has 1 unspecified atom stereocenters. The van der Waals surface area contributed by atoms with E-state index < -0.39 is 0 Å². The monoisotopic (exact) mass is 326 g/mol. The number of benzene rings is 1. The smallest absolute Gasteiger partial charge is 0.133 e. The van der Waals surface area contributed by atoms with Gasteiger partial charge in [0.05, 0.1) is 11.6 Å². The number of rotatable bonds is 7. The van der Waals surface area contributed by atoms with Crippen LogP contribution in [0, 0.1) is 5.92 Å². The lowest BCUT2D eigenvalue weighted by molar-refractivity contribution is 0.288. The van der Waals surface area contributed by atoms with Crippen LogP contribution in [-0.4, -0.2) is 20.2 Å². The van der Waals surface area contributed by atoms with E-state index in [1.165, 1.54) is 31.2 Å². The minimum Gasteiger partial charge on any atom is -0.496 e. The van der Waals surface area contributed by atoms with Crippen LogP contribution in [0.15, 0.2) is 22.7 Å². The molecule has 106 valence electrons. The topological polar surface area (TPSA) is 47.3 Å². The van der Waals surface area contributed by atoms with Crippen LogP contribution >= 0.6 is 15.9 Å². The molecule has 2 rings (SSSR count). The number of halogens is 1. The molecule has 19 heavy (non-hydrogen) atoms. The summed E-state index contributed by atoms with van der Waals surface area (Å²) in [6, 6.07) is 6.38. The molecule has 1 saturated carbocycles. The molecule has 1 aromatic carbocycles. The van der Waals surface area contributed by atoms with Crippen molar-refractivity contribution < 1.29 is 4.74 Å². The fourth-order valence-corrected chi connectivity index (χ4v) is 3.04. The average Bonchev–Trinajstić information content (AvgIpc) is 2.37. The summed E-state index contributed by atoms with van der Waals surface area (Å²) in [5.74, 6) is 1.79. The predicted octanol–water partition coefficient (Wildman–Crippen LogP) is 3.24. The van der Waals surface area contributed by atoms with Crippen LogP contribution in [0.1, 0.15) is 37.3 Å². The van der Waals surface area contributed by atoms with Crippen molar-refractivity contribution in [2.24, 2.45) is 11.7 Å². The van der Waals surface area contributed by atoms with Gasteiger partial charge >= 0.3 is 0 Å². The molecule has 1 aromatic rings. The van der Waals surface area contributed by atoms with E-state index in [4.69, 9.17) is 10.5 Å². The zero-order chi connectivity index (χ0) is 13.7. The van der Waals surface area contributed by atoms with Crippen LogP contribution in [0.3, 0.4) is 0 Å². The molecule has 1 aliphatic carbocycles. The van der Waals surface area contributed by atoms with E-state index >= 15 is 0 Å². The lowest BCUT2D eigenvalue weighted by atomic mass is 9.83. The molecule has 0 aromatic heterocycles. The van der Waals surface area contributed by atoms with Crippen LogP contribution in [0.2, 0.25) is 0 Å². The highest BCUT2D eigenvalue weighted by Gasteiger charge is 2.17. The Kier molecular flexibility index (Phi) is 5.67. The van der Waals surface area contributed by atoms with Gasteiger partial charge in [0.2, 0.25) is 0 Å². The fraction of sp³-hybridized carbons (Fsp3) is 0.600. The minimum absolute atomic E-state index is 0.224. The van der Waals surface area contributed by atoms with Gasteiger partial charge in [-0.25, -0.2) is 0 Å². The van der Waals surface area contributed by atoms with Gasteiger partial charge in [0.15, 0.2) is 0 Å². The molecule has 0 saturated heterocycles. The van der Waals surface area contributed by atoms with Gasteiger partial charge in [0.25, 0.3) is 0 Å². The zero-order valence-corrected chi connectivity index (χ0v) is 13.1. The van der Waals surface area contributed by atoms with Crippen LogP contribution in [0.4, 0.5) is 0 Å². The van der Waals surface area contributed by atoms with E-state index in [0.717, 1.165) is 22.7 Å². The van der Waals surface area contributed by atoms with Crippen molar-refractivity contribution in [3.63, 3.8) is 0 Å². The van der Waals surface area contributed by atoms with Crippen LogP contribution < -0.4 is 15.8 Å². The molecule has 0 radical (unpaired) electrons. The van der Waals surface area contributed by atoms with Gasteiger partial charge in [-0.1, -0.05) is 25.3 Å². The Morgan fingerprint density at radius 1 is 1.47 bits per heavy atom. The van der Waals surface area contributed by atoms with Gasteiger partial charge in [-0.15, -0.1) is 0 Å². The highest BCUT2D eigenvalue weighted by Crippen LogP contribution is 2.30. The number of ether oxygens (including phenoxy) is 1. The van der Waals surface area contributed by atoms with Gasteiger partial charge in [-0.2, -0.15) is 0 Å². The first-order chi connectivity index (χ1) is 9.24. The van der Waals surface area contributed by atoms with Gasteiger partial charge in [0, 0.05) is 12.6 Å². The van der Waals surface area contributed by atoms with Crippen LogP contribution in [-0.2, 0) is 0 Å². The summed E-state index contributed by atoms with van der Waals surface area (Å²) in [6.45, 7) is 1.67. The molecule has 0 spiro atoms. The Hall–Kier alpha value is -0.580. The second-order valence-corrected chi connectivity index (χ2v) is 6.08. The summed E-state index contributed by atoms with van der Waals surface area (Å²) in [5, 5.41) is 3.56. The van der Waals surface area contributed by atoms with Gasteiger partial charge < -0.3 is 15.8 Å². The number of nitrogens with two attached hydrogens (primary N) is 1. The van der Waals surface area contributed by atoms with E-state index in [9.17, 15) is 0 Å². The lowest BCUT2D eigenvalue weighted by Gasteiger charge is -2.26. The summed E-state index contributed by atoms with van der Waals surface area (Å²) < 4.78 is 6.23. The lowest BCUT2D eigenvalue weighted by Crippen LogP contribution is -2.30. The maximum absolute atomic E-state index is 5.88. The van der Waals surface area contributed by atoms with E-state index in [1.54, 1.807) is 7.11 Å². The van der Waals surface area contributed by atoms with Gasteiger partial charge in [-0.05, 0) is 52.5 Å². The van der Waals surface area contributed by atoms with Crippen molar-refractivity contribution in [1.82, 2.24) is 5.32 Å². The summed E-state index contributed by atoms with van der Waals surface area (Å²) >= 11 is 3.52. The van der Waals surface area contributed by atoms with E-state index in [1.807, 2.05) is 6.07 Å². The molecule has 3 nitrogen and oxygen atoms in total. The number of methoxy groups -OCH3 is 1. The normalized spacial score (nSPS) is 17.0. The summed E-state index contributed by atoms with van der Waals surface area (Å²) in [6.07, 6.45) is 5.50. The third kappa shape index (κ3) is 3.94. The molecule has 0 bridgehead atoms. The Morgan fingerprint density at radius 2 is 2.26 bits per heavy atom. The third-order valence-electron chi connectivity index (χ3n) is 3.98. The summed E-state index contributed by atoms with van der Waals surface area (Å²) in [7, 11) is 1.68. The van der Waals surface area contributed by atoms with Crippen molar-refractivity contribution in [2.45, 2.75) is 31.7 Å². The van der Waals surface area contributed by atoms with E-state index in [2.05, 4.69) is 33.4 Å². The minimum atomic E-state index is 0.224. The van der Waals surface area contributed by atoms with Crippen LogP contribution in [0.25, 0.3) is 0 Å². The maximum atomic E-state index is 5.88. The number of hydrogen-bond acceptors (Lipinski definition) is 3. The second kappa shape index (κ2) is 7.27. The molecular weight excluding hydrogens is 304 g/mol. The Labute approximate surface area is 124 Å². The molecule has 3 N–H and O–H groups in total. The Balaban J connectivity index is 1.90. The second-order valence-electron chi connectivity index (χ2n) is 5.22. The fourth-order valence-electron chi connectivity index (χ4n) is 2.48. The van der Waals surface area contributed by atoms with Crippen molar-refractivity contribution in [2.75, 3.05) is 20.2 Å². The Bertz CT molecular complexity index is 407. The van der Waals surface area contributed by atoms with Crippen molar-refractivity contribution in [3.8, 4) is 5.75 Å². The molecule has 0 heterocycles. The van der Waals surface area contributed by atoms with Crippen molar-refractivity contribution >= 4 is 15.9 Å². The predicted molar refractivity (Wildman–Crippen MR) is 82.5 cm³/mol. The first-order valence-corrected chi connectivity index (χ1v) is 7.80. The van der Waals surface area contributed by atoms with E-state index in [-0.39, 0.29) is 6.04 Å². The largest absolute Gasteiger partial charge is 0.496 e. The Morgan fingerprint density at radius 3 is 2.79 bits per heavy atom. The van der Waals surface area contributed by atoms with Gasteiger partial charge in [-0.3, -0.25) is 0 Å². The van der Waals surface area contributed by atoms with Gasteiger partial charge in [0.1, 0.15) is 5.75 Å². The zero-order valence-electron chi connectivity index (χ0n) is 11.5. The molecule has 1 fully saturated rings. The van der Waals surface area contributed by atoms with Crippen molar-refractivity contribution in [1.29, 1.82) is 0 Å². The quantitative estimate of drug-likeness (QED) is 0.808. The molecule has 0 aliphatic heterocycles. The number of nitrogens with one attached hydrogen (secondary N) is 1. The molecular formula is C15H23BrN2O. The highest BCUT2D eigenvalue weighted by molar-refractivity contribution is 9.10.